The minimum Gasteiger partial charge on any atom is -0.475 e. The third-order valence-corrected chi connectivity index (χ3v) is 6.24. The first kappa shape index (κ1) is 13.1. The lowest BCUT2D eigenvalue weighted by atomic mass is 10.1. The highest BCUT2D eigenvalue weighted by molar-refractivity contribution is 8.58. The maximum absolute atomic E-state index is 11.4. The molecule has 0 saturated carbocycles. The number of rotatable bonds is 1. The van der Waals surface area contributed by atoms with Gasteiger partial charge in [0.15, 0.2) is 0 Å². The Balaban J connectivity index is 3.53. The fraction of sp³-hybridized carbons (Fsp3) is 0.250. The average Bonchev–Trinajstić information content (AvgIpc) is 2.27. The van der Waals surface area contributed by atoms with Crippen molar-refractivity contribution in [2.75, 3.05) is 18.8 Å². The third kappa shape index (κ3) is 2.11. The van der Waals surface area contributed by atoms with Crippen LogP contribution in [0, 0.1) is 22.7 Å². The quantitative estimate of drug-likeness (QED) is 0.750. The van der Waals surface area contributed by atoms with Crippen LogP contribution in [0.4, 0.5) is 4.79 Å². The van der Waals surface area contributed by atoms with Crippen LogP contribution in [-0.4, -0.2) is 29.2 Å². The molecule has 1 rings (SSSR count). The van der Waals surface area contributed by atoms with Gasteiger partial charge in [-0.3, -0.25) is 0 Å². The van der Waals surface area contributed by atoms with E-state index in [0.29, 0.717) is 4.90 Å². The van der Waals surface area contributed by atoms with Gasteiger partial charge < -0.3 is 5.11 Å². The smallest absolute Gasteiger partial charge is 0.335 e. The largest absolute Gasteiger partial charge is 0.475 e. The van der Waals surface area contributed by atoms with Crippen molar-refractivity contribution in [3.05, 3.63) is 29.3 Å². The minimum atomic E-state index is -3.06. The lowest BCUT2D eigenvalue weighted by molar-refractivity contribution is 0.220. The van der Waals surface area contributed by atoms with E-state index in [0.717, 1.165) is 0 Å². The predicted octanol–water partition coefficient (Wildman–Crippen LogP) is 2.43. The van der Waals surface area contributed by atoms with E-state index in [1.54, 1.807) is 24.8 Å². The van der Waals surface area contributed by atoms with Crippen LogP contribution in [0.15, 0.2) is 23.1 Å². The standard InChI is InChI=1S/C12H14N2O2S/c1-17(2,3,12(15)16)11-5-4-9(7-13)10(6-11)8-14/h4-6,17H,1-3H3,(H,15,16). The lowest BCUT2D eigenvalue weighted by Gasteiger charge is -2.46. The fourth-order valence-electron chi connectivity index (χ4n) is 1.32. The molecule has 0 unspecified atom stereocenters. The van der Waals surface area contributed by atoms with Crippen LogP contribution < -0.4 is 0 Å². The van der Waals surface area contributed by atoms with E-state index in [9.17, 15) is 9.90 Å². The first-order valence-corrected chi connectivity index (χ1v) is 8.48. The first-order chi connectivity index (χ1) is 7.71. The average molecular weight is 250 g/mol. The van der Waals surface area contributed by atoms with Crippen LogP contribution >= 0.6 is 9.16 Å². The number of nitrogens with zero attached hydrogens (tertiary/aromatic N) is 2. The molecule has 90 valence electrons. The lowest BCUT2D eigenvalue weighted by Crippen LogP contribution is -2.22. The van der Waals surface area contributed by atoms with E-state index in [1.165, 1.54) is 12.1 Å². The third-order valence-electron chi connectivity index (χ3n) is 2.82. The van der Waals surface area contributed by atoms with Crippen molar-refractivity contribution in [3.63, 3.8) is 0 Å². The van der Waals surface area contributed by atoms with Crippen molar-refractivity contribution < 1.29 is 9.90 Å². The van der Waals surface area contributed by atoms with Crippen LogP contribution in [0.1, 0.15) is 11.1 Å². The fourth-order valence-corrected chi connectivity index (χ4v) is 2.72. The van der Waals surface area contributed by atoms with Gasteiger partial charge in [-0.2, -0.15) is 19.7 Å². The Hall–Kier alpha value is -1.98. The molecule has 0 bridgehead atoms. The van der Waals surface area contributed by atoms with Gasteiger partial charge >= 0.3 is 5.30 Å². The molecule has 0 aliphatic heterocycles. The summed E-state index contributed by atoms with van der Waals surface area (Å²) in [5.74, 6) is 0. The van der Waals surface area contributed by atoms with E-state index >= 15 is 0 Å². The summed E-state index contributed by atoms with van der Waals surface area (Å²) in [5, 5.41) is 26.2. The van der Waals surface area contributed by atoms with Crippen LogP contribution in [0.3, 0.4) is 0 Å². The Labute approximate surface area is 100 Å². The maximum Gasteiger partial charge on any atom is 0.335 e. The maximum atomic E-state index is 11.4. The molecule has 0 aliphatic carbocycles. The topological polar surface area (TPSA) is 84.9 Å². The number of hydrogen-bond acceptors (Lipinski definition) is 3. The molecule has 0 aliphatic rings. The molecule has 0 heterocycles. The summed E-state index contributed by atoms with van der Waals surface area (Å²) in [6.07, 6.45) is 5.11. The molecule has 0 atom stereocenters. The predicted molar refractivity (Wildman–Crippen MR) is 68.9 cm³/mol. The van der Waals surface area contributed by atoms with Gasteiger partial charge in [0.1, 0.15) is 12.1 Å². The molecule has 0 aromatic heterocycles. The normalized spacial score (nSPS) is 12.9. The summed E-state index contributed by atoms with van der Waals surface area (Å²) < 4.78 is 0. The summed E-state index contributed by atoms with van der Waals surface area (Å²) in [6.45, 7) is 0. The Bertz CT molecular complexity index is 571. The van der Waals surface area contributed by atoms with Gasteiger partial charge in [0, 0.05) is 0 Å². The zero-order valence-electron chi connectivity index (χ0n) is 9.93. The molecule has 1 N–H and O–H groups in total. The highest BCUT2D eigenvalue weighted by atomic mass is 32.3. The Kier molecular flexibility index (Phi) is 2.92. The zero-order chi connectivity index (χ0) is 13.3. The number of hydrogen-bond donors (Lipinski definition) is 2. The van der Waals surface area contributed by atoms with E-state index in [4.69, 9.17) is 10.5 Å². The molecule has 0 spiro atoms. The monoisotopic (exact) mass is 250 g/mol. The van der Waals surface area contributed by atoms with Gasteiger partial charge in [-0.05, 0) is 41.9 Å². The van der Waals surface area contributed by atoms with Crippen LogP contribution in [0.5, 0.6) is 0 Å². The van der Waals surface area contributed by atoms with Crippen molar-refractivity contribution >= 4 is 14.5 Å². The van der Waals surface area contributed by atoms with Gasteiger partial charge in [-0.1, -0.05) is 0 Å². The van der Waals surface area contributed by atoms with E-state index in [2.05, 4.69) is 0 Å². The summed E-state index contributed by atoms with van der Waals surface area (Å²) in [7, 11) is -3.06. The summed E-state index contributed by atoms with van der Waals surface area (Å²) in [6, 6.07) is 8.49. The molecule has 1 aromatic carbocycles. The number of benzene rings is 1. The van der Waals surface area contributed by atoms with Gasteiger partial charge in [0.05, 0.1) is 11.1 Å². The van der Waals surface area contributed by atoms with Gasteiger partial charge in [0.25, 0.3) is 0 Å². The summed E-state index contributed by atoms with van der Waals surface area (Å²) in [4.78, 5) is 12.0. The van der Waals surface area contributed by atoms with Gasteiger partial charge in [-0.25, -0.2) is 4.79 Å². The molecule has 1 aromatic rings. The summed E-state index contributed by atoms with van der Waals surface area (Å²) >= 11 is 0. The molecule has 5 heteroatoms. The molecule has 0 radical (unpaired) electrons. The molecule has 17 heavy (non-hydrogen) atoms. The highest BCUT2D eigenvalue weighted by Gasteiger charge is 2.36. The second-order valence-electron chi connectivity index (χ2n) is 5.03. The second kappa shape index (κ2) is 3.80. The number of carbonyl (C=O) groups is 1. The number of carboxylic acid groups (broad SMARTS) is 1. The molecular formula is C12H14N2O2S. The molecule has 0 fully saturated rings. The molecular weight excluding hydrogens is 236 g/mol. The van der Waals surface area contributed by atoms with Crippen LogP contribution in [-0.2, 0) is 0 Å². The molecule has 4 nitrogen and oxygen atoms in total. The van der Waals surface area contributed by atoms with Crippen molar-refractivity contribution in [1.29, 1.82) is 10.5 Å². The SMILES string of the molecule is C[SH](C)(C)(C(=O)O)c1ccc(C#N)c(C#N)c1. The van der Waals surface area contributed by atoms with Gasteiger partial charge in [-0.15, -0.1) is 0 Å². The van der Waals surface area contributed by atoms with E-state index < -0.39 is 14.5 Å². The van der Waals surface area contributed by atoms with Crippen molar-refractivity contribution in [3.8, 4) is 12.1 Å². The Morgan fingerprint density at radius 3 is 2.12 bits per heavy atom. The number of thiol groups is 1. The van der Waals surface area contributed by atoms with Crippen molar-refractivity contribution in [2.24, 2.45) is 0 Å². The van der Waals surface area contributed by atoms with Crippen LogP contribution in [0.25, 0.3) is 0 Å². The Morgan fingerprint density at radius 1 is 1.18 bits per heavy atom. The molecule has 0 amide bonds. The first-order valence-electron chi connectivity index (χ1n) is 4.90. The minimum absolute atomic E-state index is 0.228. The Morgan fingerprint density at radius 2 is 1.71 bits per heavy atom. The van der Waals surface area contributed by atoms with E-state index in [-0.39, 0.29) is 11.1 Å². The second-order valence-corrected chi connectivity index (χ2v) is 11.5. The van der Waals surface area contributed by atoms with E-state index in [1.807, 2.05) is 12.1 Å². The highest BCUT2D eigenvalue weighted by Crippen LogP contribution is 2.67. The molecule has 0 saturated heterocycles. The van der Waals surface area contributed by atoms with Crippen molar-refractivity contribution in [1.82, 2.24) is 0 Å². The van der Waals surface area contributed by atoms with Crippen molar-refractivity contribution in [2.45, 2.75) is 4.90 Å². The van der Waals surface area contributed by atoms with Gasteiger partial charge in [0.2, 0.25) is 0 Å². The number of nitriles is 2. The zero-order valence-corrected chi connectivity index (χ0v) is 10.8. The summed E-state index contributed by atoms with van der Waals surface area (Å²) in [5.41, 5.74) is 0.499. The van der Waals surface area contributed by atoms with Crippen LogP contribution in [0.2, 0.25) is 0 Å².